The van der Waals surface area contributed by atoms with Crippen LogP contribution in [-0.4, -0.2) is 28.8 Å². The summed E-state index contributed by atoms with van der Waals surface area (Å²) in [5, 5.41) is 2.35. The van der Waals surface area contributed by atoms with Gasteiger partial charge in [0.05, 0.1) is 12.1 Å². The average Bonchev–Trinajstić information content (AvgIpc) is 2.26. The summed E-state index contributed by atoms with van der Waals surface area (Å²) in [4.78, 5) is 25.1. The number of hydrogen-bond acceptors (Lipinski definition) is 4. The monoisotopic (exact) mass is 247 g/mol. The first-order chi connectivity index (χ1) is 8.39. The largest absolute Gasteiger partial charge is 0.399 e. The van der Waals surface area contributed by atoms with E-state index in [-0.39, 0.29) is 18.4 Å². The lowest BCUT2D eigenvalue weighted by atomic mass is 9.97. The lowest BCUT2D eigenvalue weighted by molar-refractivity contribution is -0.145. The van der Waals surface area contributed by atoms with E-state index in [1.165, 1.54) is 0 Å². The Hall–Kier alpha value is -1.88. The number of imide groups is 1. The first-order valence-electron chi connectivity index (χ1n) is 5.83. The summed E-state index contributed by atoms with van der Waals surface area (Å²) in [7, 11) is 0. The molecule has 1 saturated heterocycles. The molecule has 1 aromatic rings. The molecule has 1 aromatic carbocycles. The molecule has 1 aliphatic rings. The molecule has 0 unspecified atom stereocenters. The van der Waals surface area contributed by atoms with E-state index in [4.69, 9.17) is 5.73 Å². The molecule has 96 valence electrons. The zero-order chi connectivity index (χ0) is 13.3. The van der Waals surface area contributed by atoms with Crippen LogP contribution in [0.3, 0.4) is 0 Å². The quantitative estimate of drug-likeness (QED) is 0.589. The van der Waals surface area contributed by atoms with Crippen molar-refractivity contribution >= 4 is 17.5 Å². The van der Waals surface area contributed by atoms with Gasteiger partial charge in [0.15, 0.2) is 0 Å². The predicted octanol–water partition coefficient (Wildman–Crippen LogP) is 0.506. The number of nitrogens with zero attached hydrogens (tertiary/aromatic N) is 1. The maximum Gasteiger partial charge on any atom is 0.246 e. The van der Waals surface area contributed by atoms with Crippen LogP contribution in [0.15, 0.2) is 24.3 Å². The Labute approximate surface area is 106 Å². The van der Waals surface area contributed by atoms with Crippen molar-refractivity contribution in [1.29, 1.82) is 0 Å². The number of nitrogen functional groups attached to an aromatic ring is 1. The summed E-state index contributed by atoms with van der Waals surface area (Å²) in [5.41, 5.74) is 6.70. The molecule has 2 rings (SSSR count). The van der Waals surface area contributed by atoms with E-state index >= 15 is 0 Å². The van der Waals surface area contributed by atoms with Crippen molar-refractivity contribution in [2.45, 2.75) is 25.9 Å². The van der Waals surface area contributed by atoms with Gasteiger partial charge in [0.25, 0.3) is 0 Å². The lowest BCUT2D eigenvalue weighted by Gasteiger charge is -2.40. The molecule has 0 aliphatic carbocycles. The van der Waals surface area contributed by atoms with Gasteiger partial charge >= 0.3 is 0 Å². The van der Waals surface area contributed by atoms with Crippen LogP contribution in [0.25, 0.3) is 0 Å². The highest BCUT2D eigenvalue weighted by Gasteiger charge is 2.40. The molecule has 0 atom stereocenters. The second kappa shape index (κ2) is 4.42. The third kappa shape index (κ3) is 2.36. The van der Waals surface area contributed by atoms with Crippen molar-refractivity contribution < 1.29 is 9.59 Å². The van der Waals surface area contributed by atoms with Crippen LogP contribution in [0, 0.1) is 0 Å². The van der Waals surface area contributed by atoms with Crippen LogP contribution in [0.1, 0.15) is 19.4 Å². The van der Waals surface area contributed by atoms with Crippen LogP contribution in [-0.2, 0) is 16.1 Å². The normalized spacial score (nSPS) is 19.7. The maximum absolute atomic E-state index is 11.8. The molecule has 3 N–H and O–H groups in total. The number of nitrogens with one attached hydrogen (secondary N) is 1. The van der Waals surface area contributed by atoms with Gasteiger partial charge in [0.2, 0.25) is 11.8 Å². The molecule has 0 spiro atoms. The van der Waals surface area contributed by atoms with E-state index in [9.17, 15) is 9.59 Å². The fraction of sp³-hybridized carbons (Fsp3) is 0.385. The van der Waals surface area contributed by atoms with Gasteiger partial charge in [-0.05, 0) is 31.5 Å². The van der Waals surface area contributed by atoms with Crippen molar-refractivity contribution in [1.82, 2.24) is 10.2 Å². The Morgan fingerprint density at radius 3 is 2.78 bits per heavy atom. The van der Waals surface area contributed by atoms with Gasteiger partial charge < -0.3 is 5.73 Å². The van der Waals surface area contributed by atoms with Crippen LogP contribution >= 0.6 is 0 Å². The van der Waals surface area contributed by atoms with Gasteiger partial charge in [-0.1, -0.05) is 12.1 Å². The van der Waals surface area contributed by atoms with Gasteiger partial charge in [0.1, 0.15) is 0 Å². The molecule has 5 nitrogen and oxygen atoms in total. The van der Waals surface area contributed by atoms with Crippen LogP contribution in [0.2, 0.25) is 0 Å². The Morgan fingerprint density at radius 2 is 2.11 bits per heavy atom. The zero-order valence-corrected chi connectivity index (χ0v) is 10.6. The maximum atomic E-state index is 11.8. The lowest BCUT2D eigenvalue weighted by Crippen LogP contribution is -2.63. The highest BCUT2D eigenvalue weighted by atomic mass is 16.2. The number of piperazine rings is 1. The minimum atomic E-state index is -0.696. The first-order valence-corrected chi connectivity index (χ1v) is 5.83. The highest BCUT2D eigenvalue weighted by molar-refractivity contribution is 6.02. The molecule has 1 fully saturated rings. The Balaban J connectivity index is 2.21. The van der Waals surface area contributed by atoms with E-state index in [1.807, 2.05) is 29.2 Å². The zero-order valence-electron chi connectivity index (χ0n) is 10.6. The molecule has 1 heterocycles. The molecule has 0 radical (unpaired) electrons. The molecule has 0 saturated carbocycles. The van der Waals surface area contributed by atoms with E-state index in [1.54, 1.807) is 13.8 Å². The topological polar surface area (TPSA) is 75.4 Å². The van der Waals surface area contributed by atoms with Crippen molar-refractivity contribution in [3.05, 3.63) is 29.8 Å². The Bertz CT molecular complexity index is 497. The minimum Gasteiger partial charge on any atom is -0.399 e. The fourth-order valence-electron chi connectivity index (χ4n) is 2.00. The van der Waals surface area contributed by atoms with E-state index in [0.717, 1.165) is 5.56 Å². The number of carbonyl (C=O) groups excluding carboxylic acids is 2. The standard InChI is InChI=1S/C13H17N3O2/c1-13(2)12(18)15-11(17)8-16(13)7-9-4-3-5-10(14)6-9/h3-6H,7-8,14H2,1-2H3,(H,15,17,18). The highest BCUT2D eigenvalue weighted by Crippen LogP contribution is 2.21. The number of anilines is 1. The second-order valence-electron chi connectivity index (χ2n) is 5.04. The number of benzene rings is 1. The molecular formula is C13H17N3O2. The Morgan fingerprint density at radius 1 is 1.39 bits per heavy atom. The Kier molecular flexibility index (Phi) is 3.09. The van der Waals surface area contributed by atoms with E-state index in [0.29, 0.717) is 12.2 Å². The van der Waals surface area contributed by atoms with Crippen LogP contribution in [0.5, 0.6) is 0 Å². The summed E-state index contributed by atoms with van der Waals surface area (Å²) in [6.45, 7) is 4.35. The second-order valence-corrected chi connectivity index (χ2v) is 5.04. The van der Waals surface area contributed by atoms with E-state index < -0.39 is 5.54 Å². The minimum absolute atomic E-state index is 0.216. The summed E-state index contributed by atoms with van der Waals surface area (Å²) in [6, 6.07) is 7.46. The number of nitrogens with two attached hydrogens (primary N) is 1. The van der Waals surface area contributed by atoms with E-state index in [2.05, 4.69) is 5.32 Å². The van der Waals surface area contributed by atoms with Gasteiger partial charge in [-0.2, -0.15) is 0 Å². The van der Waals surface area contributed by atoms with Crippen molar-refractivity contribution in [2.24, 2.45) is 0 Å². The van der Waals surface area contributed by atoms with Crippen LogP contribution < -0.4 is 11.1 Å². The van der Waals surface area contributed by atoms with Crippen LogP contribution in [0.4, 0.5) is 5.69 Å². The van der Waals surface area contributed by atoms with Crippen molar-refractivity contribution in [2.75, 3.05) is 12.3 Å². The molecular weight excluding hydrogens is 230 g/mol. The SMILES string of the molecule is CC1(C)C(=O)NC(=O)CN1Cc1cccc(N)c1. The smallest absolute Gasteiger partial charge is 0.246 e. The number of amides is 2. The number of hydrogen-bond donors (Lipinski definition) is 2. The number of rotatable bonds is 2. The molecule has 18 heavy (non-hydrogen) atoms. The summed E-state index contributed by atoms with van der Waals surface area (Å²) in [6.07, 6.45) is 0. The van der Waals surface area contributed by atoms with Gasteiger partial charge in [-0.15, -0.1) is 0 Å². The fourth-order valence-corrected chi connectivity index (χ4v) is 2.00. The summed E-state index contributed by atoms with van der Waals surface area (Å²) >= 11 is 0. The first kappa shape index (κ1) is 12.6. The third-order valence-corrected chi connectivity index (χ3v) is 3.26. The molecule has 5 heteroatoms. The third-order valence-electron chi connectivity index (χ3n) is 3.26. The van der Waals surface area contributed by atoms with Gasteiger partial charge in [-0.3, -0.25) is 19.8 Å². The predicted molar refractivity (Wildman–Crippen MR) is 68.5 cm³/mol. The molecule has 1 aliphatic heterocycles. The number of carbonyl (C=O) groups is 2. The van der Waals surface area contributed by atoms with Gasteiger partial charge in [-0.25, -0.2) is 0 Å². The summed E-state index contributed by atoms with van der Waals surface area (Å²) in [5.74, 6) is -0.522. The average molecular weight is 247 g/mol. The van der Waals surface area contributed by atoms with Gasteiger partial charge in [0, 0.05) is 12.2 Å². The molecule has 0 bridgehead atoms. The molecule has 2 amide bonds. The van der Waals surface area contributed by atoms with Crippen molar-refractivity contribution in [3.8, 4) is 0 Å². The summed E-state index contributed by atoms with van der Waals surface area (Å²) < 4.78 is 0. The molecule has 0 aromatic heterocycles. The van der Waals surface area contributed by atoms with Crippen molar-refractivity contribution in [3.63, 3.8) is 0 Å².